The van der Waals surface area contributed by atoms with Gasteiger partial charge >= 0.3 is 0 Å². The van der Waals surface area contributed by atoms with E-state index in [9.17, 15) is 0 Å². The van der Waals surface area contributed by atoms with Gasteiger partial charge in [-0.25, -0.2) is 0 Å². The van der Waals surface area contributed by atoms with Gasteiger partial charge in [-0.2, -0.15) is 0 Å². The number of hydrogen-bond donors (Lipinski definition) is 1. The molecule has 1 atom stereocenters. The zero-order valence-corrected chi connectivity index (χ0v) is 8.62. The Hall–Kier alpha value is -0.120. The molecular weight excluding hydrogens is 164 g/mol. The second-order valence-corrected chi connectivity index (χ2v) is 4.39. The van der Waals surface area contributed by atoms with E-state index in [-0.39, 0.29) is 0 Å². The van der Waals surface area contributed by atoms with Crippen LogP contribution in [-0.4, -0.2) is 49.8 Å². The molecule has 0 aromatic carbocycles. The van der Waals surface area contributed by atoms with Gasteiger partial charge in [-0.15, -0.1) is 0 Å². The molecule has 1 unspecified atom stereocenters. The third-order valence-electron chi connectivity index (χ3n) is 3.16. The largest absolute Gasteiger partial charge is 0.378 e. The average Bonchev–Trinajstić information content (AvgIpc) is 2.82. The molecule has 0 aromatic rings. The Morgan fingerprint density at radius 3 is 2.62 bits per heavy atom. The van der Waals surface area contributed by atoms with Crippen molar-refractivity contribution in [2.75, 3.05) is 26.8 Å². The first-order valence-electron chi connectivity index (χ1n) is 5.30. The summed E-state index contributed by atoms with van der Waals surface area (Å²) >= 11 is 0. The van der Waals surface area contributed by atoms with Crippen molar-refractivity contribution < 1.29 is 4.74 Å². The summed E-state index contributed by atoms with van der Waals surface area (Å²) in [7, 11) is 2.24. The van der Waals surface area contributed by atoms with Gasteiger partial charge in [0, 0.05) is 18.6 Å². The Labute approximate surface area is 80.4 Å². The average molecular weight is 184 g/mol. The Balaban J connectivity index is 1.61. The lowest BCUT2D eigenvalue weighted by atomic mass is 10.2. The van der Waals surface area contributed by atoms with Crippen LogP contribution in [0.5, 0.6) is 0 Å². The van der Waals surface area contributed by atoms with E-state index in [0.29, 0.717) is 12.1 Å². The molecule has 76 valence electrons. The van der Waals surface area contributed by atoms with E-state index >= 15 is 0 Å². The van der Waals surface area contributed by atoms with Crippen molar-refractivity contribution in [3.8, 4) is 0 Å². The minimum absolute atomic E-state index is 0.620. The smallest absolute Gasteiger partial charge is 0.0643 e. The highest BCUT2D eigenvalue weighted by molar-refractivity contribution is 4.86. The van der Waals surface area contributed by atoms with Crippen molar-refractivity contribution in [2.24, 2.45) is 0 Å². The van der Waals surface area contributed by atoms with Crippen molar-refractivity contribution in [1.82, 2.24) is 10.2 Å². The fraction of sp³-hybridized carbons (Fsp3) is 1.00. The molecule has 0 bridgehead atoms. The lowest BCUT2D eigenvalue weighted by Gasteiger charge is -2.31. The first-order chi connectivity index (χ1) is 6.27. The van der Waals surface area contributed by atoms with E-state index in [4.69, 9.17) is 4.74 Å². The maximum absolute atomic E-state index is 5.11. The van der Waals surface area contributed by atoms with Crippen LogP contribution < -0.4 is 5.32 Å². The predicted molar refractivity (Wildman–Crippen MR) is 52.9 cm³/mol. The van der Waals surface area contributed by atoms with E-state index in [1.807, 2.05) is 0 Å². The maximum Gasteiger partial charge on any atom is 0.0643 e. The third kappa shape index (κ3) is 2.42. The molecule has 0 amide bonds. The van der Waals surface area contributed by atoms with Crippen LogP contribution in [0.4, 0.5) is 0 Å². The lowest BCUT2D eigenvalue weighted by Crippen LogP contribution is -2.50. The summed E-state index contributed by atoms with van der Waals surface area (Å²) in [5, 5.41) is 3.52. The highest BCUT2D eigenvalue weighted by Crippen LogP contribution is 2.26. The fourth-order valence-electron chi connectivity index (χ4n) is 1.68. The van der Waals surface area contributed by atoms with Gasteiger partial charge in [0.2, 0.25) is 0 Å². The highest BCUT2D eigenvalue weighted by atomic mass is 16.5. The second kappa shape index (κ2) is 3.95. The Morgan fingerprint density at radius 2 is 2.15 bits per heavy atom. The van der Waals surface area contributed by atoms with Crippen LogP contribution >= 0.6 is 0 Å². The zero-order chi connectivity index (χ0) is 9.26. The normalized spacial score (nSPS) is 26.1. The molecule has 3 heteroatoms. The summed E-state index contributed by atoms with van der Waals surface area (Å²) in [6.45, 7) is 5.20. The molecular formula is C10H20N2O. The van der Waals surface area contributed by atoms with E-state index < -0.39 is 0 Å². The van der Waals surface area contributed by atoms with Gasteiger partial charge in [-0.05, 0) is 26.8 Å². The minimum Gasteiger partial charge on any atom is -0.378 e. The summed E-state index contributed by atoms with van der Waals surface area (Å²) in [6.07, 6.45) is 2.79. The molecule has 1 heterocycles. The number of nitrogens with one attached hydrogen (secondary N) is 1. The molecule has 3 nitrogen and oxygen atoms in total. The molecule has 2 fully saturated rings. The molecule has 0 aromatic heterocycles. The van der Waals surface area contributed by atoms with Crippen molar-refractivity contribution >= 4 is 0 Å². The van der Waals surface area contributed by atoms with Crippen LogP contribution in [0.3, 0.4) is 0 Å². The summed E-state index contributed by atoms with van der Waals surface area (Å²) in [5.74, 6) is 0. The quantitative estimate of drug-likeness (QED) is 0.671. The van der Waals surface area contributed by atoms with Crippen LogP contribution in [0.1, 0.15) is 19.8 Å². The molecule has 1 N–H and O–H groups in total. The van der Waals surface area contributed by atoms with Gasteiger partial charge < -0.3 is 10.1 Å². The number of ether oxygens (including phenoxy) is 1. The standard InChI is InChI=1S/C10H20N2O/c1-8(12(2)10-3-4-10)5-11-9-6-13-7-9/h8-11H,3-7H2,1-2H3. The van der Waals surface area contributed by atoms with Crippen LogP contribution in [-0.2, 0) is 4.74 Å². The molecule has 1 aliphatic carbocycles. The lowest BCUT2D eigenvalue weighted by molar-refractivity contribution is -0.00725. The van der Waals surface area contributed by atoms with Crippen molar-refractivity contribution in [1.29, 1.82) is 0 Å². The Bertz CT molecular complexity index is 166. The van der Waals surface area contributed by atoms with Crippen LogP contribution in [0.25, 0.3) is 0 Å². The van der Waals surface area contributed by atoms with E-state index in [2.05, 4.69) is 24.2 Å². The van der Waals surface area contributed by atoms with E-state index in [1.165, 1.54) is 12.8 Å². The van der Waals surface area contributed by atoms with Gasteiger partial charge in [0.15, 0.2) is 0 Å². The molecule has 2 aliphatic rings. The van der Waals surface area contributed by atoms with Crippen LogP contribution in [0, 0.1) is 0 Å². The maximum atomic E-state index is 5.11. The zero-order valence-electron chi connectivity index (χ0n) is 8.62. The number of rotatable bonds is 5. The van der Waals surface area contributed by atoms with Gasteiger partial charge in [-0.3, -0.25) is 4.90 Å². The SMILES string of the molecule is CC(CNC1COC1)N(C)C1CC1. The van der Waals surface area contributed by atoms with Gasteiger partial charge in [-0.1, -0.05) is 0 Å². The van der Waals surface area contributed by atoms with E-state index in [0.717, 1.165) is 25.8 Å². The number of nitrogens with zero attached hydrogens (tertiary/aromatic N) is 1. The summed E-state index contributed by atoms with van der Waals surface area (Å²) < 4.78 is 5.11. The highest BCUT2D eigenvalue weighted by Gasteiger charge is 2.29. The second-order valence-electron chi connectivity index (χ2n) is 4.39. The Kier molecular flexibility index (Phi) is 2.86. The molecule has 13 heavy (non-hydrogen) atoms. The number of hydrogen-bond acceptors (Lipinski definition) is 3. The van der Waals surface area contributed by atoms with Crippen LogP contribution in [0.15, 0.2) is 0 Å². The first kappa shape index (κ1) is 9.44. The third-order valence-corrected chi connectivity index (χ3v) is 3.16. The van der Waals surface area contributed by atoms with Crippen molar-refractivity contribution in [2.45, 2.75) is 37.9 Å². The molecule has 0 radical (unpaired) electrons. The van der Waals surface area contributed by atoms with Crippen molar-refractivity contribution in [3.63, 3.8) is 0 Å². The van der Waals surface area contributed by atoms with Crippen molar-refractivity contribution in [3.05, 3.63) is 0 Å². The van der Waals surface area contributed by atoms with E-state index in [1.54, 1.807) is 0 Å². The predicted octanol–water partition coefficient (Wildman–Crippen LogP) is 0.457. The molecule has 2 rings (SSSR count). The first-order valence-corrected chi connectivity index (χ1v) is 5.30. The topological polar surface area (TPSA) is 24.5 Å². The summed E-state index contributed by atoms with van der Waals surface area (Å²) in [6, 6.07) is 2.15. The summed E-state index contributed by atoms with van der Waals surface area (Å²) in [5.41, 5.74) is 0. The monoisotopic (exact) mass is 184 g/mol. The van der Waals surface area contributed by atoms with Gasteiger partial charge in [0.05, 0.1) is 19.3 Å². The molecule has 0 spiro atoms. The number of likely N-dealkylation sites (N-methyl/N-ethyl adjacent to an activating group) is 1. The minimum atomic E-state index is 0.620. The molecule has 1 aliphatic heterocycles. The fourth-order valence-corrected chi connectivity index (χ4v) is 1.68. The molecule has 1 saturated heterocycles. The summed E-state index contributed by atoms with van der Waals surface area (Å²) in [4.78, 5) is 2.49. The van der Waals surface area contributed by atoms with Crippen LogP contribution in [0.2, 0.25) is 0 Å². The van der Waals surface area contributed by atoms with Gasteiger partial charge in [0.1, 0.15) is 0 Å². The Morgan fingerprint density at radius 1 is 1.46 bits per heavy atom. The van der Waals surface area contributed by atoms with Gasteiger partial charge in [0.25, 0.3) is 0 Å². The molecule has 1 saturated carbocycles.